The Morgan fingerprint density at radius 1 is 1.14 bits per heavy atom. The van der Waals surface area contributed by atoms with Gasteiger partial charge in [0.05, 0.1) is 11.2 Å². The Bertz CT molecular complexity index is 684. The molecule has 0 aromatic heterocycles. The zero-order valence-electron chi connectivity index (χ0n) is 12.2. The quantitative estimate of drug-likeness (QED) is 0.661. The van der Waals surface area contributed by atoms with Crippen LogP contribution in [-0.2, 0) is 20.0 Å². The summed E-state index contributed by atoms with van der Waals surface area (Å²) < 4.78 is 55.6. The largest absolute Gasteiger partial charge is 0.492 e. The smallest absolute Gasteiger partial charge is 0.240 e. The van der Waals surface area contributed by atoms with Gasteiger partial charge in [0, 0.05) is 13.1 Å². The van der Waals surface area contributed by atoms with Crippen molar-refractivity contribution in [1.82, 2.24) is 9.44 Å². The Balaban J connectivity index is 2.71. The van der Waals surface area contributed by atoms with E-state index in [9.17, 15) is 16.8 Å². The highest BCUT2D eigenvalue weighted by Crippen LogP contribution is 2.21. The third-order valence-electron chi connectivity index (χ3n) is 2.51. The number of aryl methyl sites for hydroxylation is 1. The summed E-state index contributed by atoms with van der Waals surface area (Å²) in [5.41, 5.74) is 0.660. The Hall–Kier alpha value is -1.16. The van der Waals surface area contributed by atoms with E-state index in [0.717, 1.165) is 6.26 Å². The fourth-order valence-electron chi connectivity index (χ4n) is 1.61. The first-order valence-corrected chi connectivity index (χ1v) is 9.71. The molecule has 1 rings (SSSR count). The van der Waals surface area contributed by atoms with Crippen LogP contribution in [0.15, 0.2) is 23.1 Å². The molecule has 2 N–H and O–H groups in total. The Labute approximate surface area is 125 Å². The number of nitrogens with one attached hydrogen (secondary N) is 2. The van der Waals surface area contributed by atoms with Gasteiger partial charge in [0.2, 0.25) is 20.0 Å². The first-order valence-electron chi connectivity index (χ1n) is 6.33. The van der Waals surface area contributed by atoms with Gasteiger partial charge >= 0.3 is 0 Å². The fourth-order valence-corrected chi connectivity index (χ4v) is 3.19. The van der Waals surface area contributed by atoms with E-state index in [-0.39, 0.29) is 18.0 Å². The molecule has 0 fully saturated rings. The highest BCUT2D eigenvalue weighted by Gasteiger charge is 2.14. The topological polar surface area (TPSA) is 102 Å². The monoisotopic (exact) mass is 336 g/mol. The van der Waals surface area contributed by atoms with Gasteiger partial charge in [0.15, 0.2) is 0 Å². The SMILES string of the molecule is CCNS(=O)(=O)c1ccc(OCCNS(C)(=O)=O)c(C)c1. The molecule has 1 aromatic carbocycles. The first-order chi connectivity index (χ1) is 9.65. The second kappa shape index (κ2) is 7.21. The van der Waals surface area contributed by atoms with Gasteiger partial charge in [-0.15, -0.1) is 0 Å². The molecule has 0 heterocycles. The van der Waals surface area contributed by atoms with Crippen molar-refractivity contribution in [2.45, 2.75) is 18.7 Å². The van der Waals surface area contributed by atoms with Crippen molar-refractivity contribution in [3.63, 3.8) is 0 Å². The average Bonchev–Trinajstić information content (AvgIpc) is 2.34. The first kappa shape index (κ1) is 17.9. The second-order valence-corrected chi connectivity index (χ2v) is 8.04. The Morgan fingerprint density at radius 2 is 1.81 bits per heavy atom. The summed E-state index contributed by atoms with van der Waals surface area (Å²) in [6.07, 6.45) is 1.07. The molecular formula is C12H20N2O5S2. The number of hydrogen-bond donors (Lipinski definition) is 2. The van der Waals surface area contributed by atoms with Gasteiger partial charge in [-0.1, -0.05) is 6.92 Å². The lowest BCUT2D eigenvalue weighted by atomic mass is 10.2. The number of hydrogen-bond acceptors (Lipinski definition) is 5. The summed E-state index contributed by atoms with van der Waals surface area (Å²) in [5.74, 6) is 0.515. The number of sulfonamides is 2. The molecule has 0 aliphatic rings. The molecule has 0 spiro atoms. The van der Waals surface area contributed by atoms with E-state index in [1.54, 1.807) is 19.9 Å². The maximum absolute atomic E-state index is 11.8. The number of benzene rings is 1. The van der Waals surface area contributed by atoms with Gasteiger partial charge in [0.1, 0.15) is 12.4 Å². The lowest BCUT2D eigenvalue weighted by Crippen LogP contribution is -2.27. The van der Waals surface area contributed by atoms with Crippen molar-refractivity contribution in [3.8, 4) is 5.75 Å². The molecule has 120 valence electrons. The van der Waals surface area contributed by atoms with E-state index in [4.69, 9.17) is 4.74 Å². The van der Waals surface area contributed by atoms with Gasteiger partial charge < -0.3 is 4.74 Å². The maximum atomic E-state index is 11.8. The standard InChI is InChI=1S/C12H20N2O5S2/c1-4-13-21(17,18)11-5-6-12(10(2)9-11)19-8-7-14-20(3,15)16/h5-6,9,13-14H,4,7-8H2,1-3H3. The third kappa shape index (κ3) is 6.00. The number of rotatable bonds is 8. The molecule has 0 unspecified atom stereocenters. The van der Waals surface area contributed by atoms with E-state index in [0.29, 0.717) is 17.9 Å². The molecule has 9 heteroatoms. The molecule has 0 saturated carbocycles. The lowest BCUT2D eigenvalue weighted by molar-refractivity contribution is 0.320. The van der Waals surface area contributed by atoms with Crippen molar-refractivity contribution < 1.29 is 21.6 Å². The predicted octanol–water partition coefficient (Wildman–Crippen LogP) is 0.221. The summed E-state index contributed by atoms with van der Waals surface area (Å²) >= 11 is 0. The fraction of sp³-hybridized carbons (Fsp3) is 0.500. The van der Waals surface area contributed by atoms with E-state index in [1.807, 2.05) is 0 Å². The van der Waals surface area contributed by atoms with Crippen LogP contribution in [-0.4, -0.2) is 42.8 Å². The summed E-state index contributed by atoms with van der Waals surface area (Å²) in [5, 5.41) is 0. The minimum Gasteiger partial charge on any atom is -0.492 e. The minimum atomic E-state index is -3.49. The number of ether oxygens (including phenoxy) is 1. The molecule has 0 aliphatic heterocycles. The van der Waals surface area contributed by atoms with Crippen molar-refractivity contribution >= 4 is 20.0 Å². The summed E-state index contributed by atoms with van der Waals surface area (Å²) in [6.45, 7) is 4.06. The van der Waals surface area contributed by atoms with Crippen molar-refractivity contribution in [1.29, 1.82) is 0 Å². The van der Waals surface area contributed by atoms with Crippen LogP contribution in [0.3, 0.4) is 0 Å². The van der Waals surface area contributed by atoms with Crippen LogP contribution >= 0.6 is 0 Å². The van der Waals surface area contributed by atoms with Crippen LogP contribution in [0.4, 0.5) is 0 Å². The van der Waals surface area contributed by atoms with Crippen molar-refractivity contribution in [2.75, 3.05) is 26.0 Å². The van der Waals surface area contributed by atoms with Gasteiger partial charge in [-0.05, 0) is 30.7 Å². The summed E-state index contributed by atoms with van der Waals surface area (Å²) in [7, 11) is -6.73. The van der Waals surface area contributed by atoms with Crippen molar-refractivity contribution in [2.24, 2.45) is 0 Å². The zero-order valence-corrected chi connectivity index (χ0v) is 13.8. The highest BCUT2D eigenvalue weighted by atomic mass is 32.2. The van der Waals surface area contributed by atoms with E-state index >= 15 is 0 Å². The molecule has 0 bridgehead atoms. The van der Waals surface area contributed by atoms with Crippen LogP contribution in [0.1, 0.15) is 12.5 Å². The molecule has 21 heavy (non-hydrogen) atoms. The van der Waals surface area contributed by atoms with Gasteiger partial charge in [-0.25, -0.2) is 26.3 Å². The molecular weight excluding hydrogens is 316 g/mol. The molecule has 1 aromatic rings. The Morgan fingerprint density at radius 3 is 2.33 bits per heavy atom. The maximum Gasteiger partial charge on any atom is 0.240 e. The Kier molecular flexibility index (Phi) is 6.14. The van der Waals surface area contributed by atoms with E-state index in [1.165, 1.54) is 12.1 Å². The minimum absolute atomic E-state index is 0.149. The normalized spacial score (nSPS) is 12.3. The van der Waals surface area contributed by atoms with E-state index in [2.05, 4.69) is 9.44 Å². The molecule has 7 nitrogen and oxygen atoms in total. The molecule has 0 amide bonds. The van der Waals surface area contributed by atoms with Crippen LogP contribution < -0.4 is 14.2 Å². The highest BCUT2D eigenvalue weighted by molar-refractivity contribution is 7.89. The van der Waals surface area contributed by atoms with Crippen LogP contribution in [0, 0.1) is 6.92 Å². The van der Waals surface area contributed by atoms with Gasteiger partial charge in [-0.2, -0.15) is 0 Å². The average molecular weight is 336 g/mol. The second-order valence-electron chi connectivity index (χ2n) is 4.44. The van der Waals surface area contributed by atoms with Crippen LogP contribution in [0.2, 0.25) is 0 Å². The molecule has 0 aliphatic carbocycles. The van der Waals surface area contributed by atoms with Crippen LogP contribution in [0.25, 0.3) is 0 Å². The van der Waals surface area contributed by atoms with Gasteiger partial charge in [-0.3, -0.25) is 0 Å². The van der Waals surface area contributed by atoms with Crippen LogP contribution in [0.5, 0.6) is 5.75 Å². The predicted molar refractivity (Wildman–Crippen MR) is 80.4 cm³/mol. The van der Waals surface area contributed by atoms with E-state index < -0.39 is 20.0 Å². The molecule has 0 atom stereocenters. The molecule has 0 radical (unpaired) electrons. The zero-order chi connectivity index (χ0) is 16.1. The lowest BCUT2D eigenvalue weighted by Gasteiger charge is -2.11. The van der Waals surface area contributed by atoms with Gasteiger partial charge in [0.25, 0.3) is 0 Å². The third-order valence-corrected chi connectivity index (χ3v) is 4.79. The summed E-state index contributed by atoms with van der Waals surface area (Å²) in [4.78, 5) is 0.170. The molecule has 0 saturated heterocycles. The van der Waals surface area contributed by atoms with Crippen molar-refractivity contribution in [3.05, 3.63) is 23.8 Å². The summed E-state index contributed by atoms with van der Waals surface area (Å²) in [6, 6.07) is 4.52.